The average molecular weight is 566 g/mol. The number of amides is 1. The Morgan fingerprint density at radius 1 is 1.06 bits per heavy atom. The zero-order valence-corrected chi connectivity index (χ0v) is 22.3. The largest absolute Gasteiger partial charge is 0.462 e. The predicted octanol–water partition coefficient (Wildman–Crippen LogP) is 8.02. The zero-order chi connectivity index (χ0) is 26.0. The number of hydrogen-bond acceptors (Lipinski definition) is 4. The van der Waals surface area contributed by atoms with Crippen molar-refractivity contribution in [3.63, 3.8) is 0 Å². The predicted molar refractivity (Wildman–Crippen MR) is 143 cm³/mol. The number of benzene rings is 3. The molecular weight excluding hydrogens is 546 g/mol. The molecule has 0 saturated heterocycles. The highest BCUT2D eigenvalue weighted by Crippen LogP contribution is 2.40. The minimum absolute atomic E-state index is 0.0517. The molecular formula is C26H20Cl3FN2O3S. The van der Waals surface area contributed by atoms with Crippen molar-refractivity contribution in [1.29, 1.82) is 0 Å². The topological polar surface area (TPSA) is 60.3 Å². The van der Waals surface area contributed by atoms with E-state index in [1.807, 2.05) is 6.07 Å². The normalized spacial score (nSPS) is 11.1. The lowest BCUT2D eigenvalue weighted by molar-refractivity contribution is -0.116. The van der Waals surface area contributed by atoms with Crippen LogP contribution < -0.4 is 5.32 Å². The van der Waals surface area contributed by atoms with Crippen LogP contribution in [0.3, 0.4) is 0 Å². The van der Waals surface area contributed by atoms with Crippen molar-refractivity contribution in [3.05, 3.63) is 86.7 Å². The van der Waals surface area contributed by atoms with Crippen LogP contribution in [0.1, 0.15) is 23.0 Å². The Labute approximate surface area is 226 Å². The number of fused-ring (bicyclic) bond motifs is 1. The quantitative estimate of drug-likeness (QED) is 0.231. The summed E-state index contributed by atoms with van der Waals surface area (Å²) in [5.41, 5.74) is 1.72. The highest BCUT2D eigenvalue weighted by Gasteiger charge is 2.22. The molecule has 0 aliphatic heterocycles. The van der Waals surface area contributed by atoms with Crippen molar-refractivity contribution in [2.75, 3.05) is 11.9 Å². The molecule has 4 aromatic rings. The summed E-state index contributed by atoms with van der Waals surface area (Å²) in [6.07, 6.45) is 0. The number of nitrogens with one attached hydrogen (secondary N) is 1. The van der Waals surface area contributed by atoms with Gasteiger partial charge in [0.1, 0.15) is 6.54 Å². The van der Waals surface area contributed by atoms with E-state index in [4.69, 9.17) is 39.5 Å². The van der Waals surface area contributed by atoms with Crippen molar-refractivity contribution < 1.29 is 18.7 Å². The third-order valence-corrected chi connectivity index (χ3v) is 7.27. The summed E-state index contributed by atoms with van der Waals surface area (Å²) in [6, 6.07) is 14.9. The molecule has 1 aromatic heterocycles. The van der Waals surface area contributed by atoms with Crippen LogP contribution >= 0.6 is 46.6 Å². The fourth-order valence-electron chi connectivity index (χ4n) is 3.79. The number of ether oxygens (including phenoxy) is 1. The van der Waals surface area contributed by atoms with Gasteiger partial charge in [0.15, 0.2) is 5.82 Å². The number of aromatic nitrogens is 1. The van der Waals surface area contributed by atoms with Crippen molar-refractivity contribution in [3.8, 4) is 0 Å². The average Bonchev–Trinajstić information content (AvgIpc) is 3.07. The maximum Gasteiger partial charge on any atom is 0.338 e. The SMILES string of the molecule is CCOC(=O)c1cccc(Sc2c(C)n(CC(=O)Nc3cc(Cl)cc(Cl)c3)c3c(F)c(Cl)ccc23)c1. The van der Waals surface area contributed by atoms with E-state index in [2.05, 4.69) is 5.32 Å². The van der Waals surface area contributed by atoms with Gasteiger partial charge in [0.2, 0.25) is 5.91 Å². The van der Waals surface area contributed by atoms with Gasteiger partial charge in [0.05, 0.1) is 22.7 Å². The maximum atomic E-state index is 15.2. The first-order valence-corrected chi connectivity index (χ1v) is 12.8. The number of carbonyl (C=O) groups is 2. The molecule has 36 heavy (non-hydrogen) atoms. The Hall–Kier alpha value is -2.71. The summed E-state index contributed by atoms with van der Waals surface area (Å²) < 4.78 is 21.9. The monoisotopic (exact) mass is 564 g/mol. The number of esters is 1. The molecule has 10 heteroatoms. The molecule has 186 valence electrons. The molecule has 0 spiro atoms. The molecule has 0 bridgehead atoms. The van der Waals surface area contributed by atoms with Crippen LogP contribution in [0.15, 0.2) is 64.4 Å². The van der Waals surface area contributed by atoms with Crippen molar-refractivity contribution >= 4 is 75.0 Å². The third-order valence-electron chi connectivity index (χ3n) is 5.33. The minimum Gasteiger partial charge on any atom is -0.462 e. The van der Waals surface area contributed by atoms with E-state index in [0.717, 1.165) is 9.79 Å². The van der Waals surface area contributed by atoms with Gasteiger partial charge in [-0.25, -0.2) is 9.18 Å². The Bertz CT molecular complexity index is 1470. The number of anilines is 1. The Morgan fingerprint density at radius 3 is 2.47 bits per heavy atom. The molecule has 0 aliphatic carbocycles. The summed E-state index contributed by atoms with van der Waals surface area (Å²) in [5, 5.41) is 4.05. The van der Waals surface area contributed by atoms with Crippen LogP contribution in [0, 0.1) is 12.7 Å². The fraction of sp³-hybridized carbons (Fsp3) is 0.154. The van der Waals surface area contributed by atoms with Gasteiger partial charge in [0, 0.05) is 36.6 Å². The van der Waals surface area contributed by atoms with Crippen LogP contribution in [0.4, 0.5) is 10.1 Å². The van der Waals surface area contributed by atoms with Crippen LogP contribution in [0.5, 0.6) is 0 Å². The van der Waals surface area contributed by atoms with Crippen LogP contribution in [-0.4, -0.2) is 23.1 Å². The lowest BCUT2D eigenvalue weighted by Gasteiger charge is -2.11. The highest BCUT2D eigenvalue weighted by molar-refractivity contribution is 7.99. The van der Waals surface area contributed by atoms with E-state index in [1.165, 1.54) is 17.8 Å². The number of carbonyl (C=O) groups excluding carboxylic acids is 2. The molecule has 0 unspecified atom stereocenters. The summed E-state index contributed by atoms with van der Waals surface area (Å²) in [5.74, 6) is -1.44. The first kappa shape index (κ1) is 26.4. The third kappa shape index (κ3) is 5.65. The second kappa shape index (κ2) is 11.1. The lowest BCUT2D eigenvalue weighted by Crippen LogP contribution is -2.19. The minimum atomic E-state index is -0.622. The molecule has 1 amide bonds. The summed E-state index contributed by atoms with van der Waals surface area (Å²) in [4.78, 5) is 26.6. The van der Waals surface area contributed by atoms with Crippen LogP contribution in [-0.2, 0) is 16.1 Å². The molecule has 0 atom stereocenters. The van der Waals surface area contributed by atoms with Gasteiger partial charge in [0.25, 0.3) is 0 Å². The van der Waals surface area contributed by atoms with Gasteiger partial charge < -0.3 is 14.6 Å². The molecule has 1 heterocycles. The molecule has 0 fully saturated rings. The van der Waals surface area contributed by atoms with E-state index in [0.29, 0.717) is 32.4 Å². The van der Waals surface area contributed by atoms with Gasteiger partial charge >= 0.3 is 5.97 Å². The first-order valence-electron chi connectivity index (χ1n) is 10.9. The van der Waals surface area contributed by atoms with Gasteiger partial charge in [-0.1, -0.05) is 52.6 Å². The Kier molecular flexibility index (Phi) is 8.15. The summed E-state index contributed by atoms with van der Waals surface area (Å²) in [6.45, 7) is 3.64. The first-order chi connectivity index (χ1) is 17.2. The fourth-order valence-corrected chi connectivity index (χ4v) is 5.57. The lowest BCUT2D eigenvalue weighted by atomic mass is 10.2. The number of halogens is 4. The van der Waals surface area contributed by atoms with Gasteiger partial charge in [-0.05, 0) is 62.4 Å². The van der Waals surface area contributed by atoms with E-state index in [-0.39, 0.29) is 23.7 Å². The van der Waals surface area contributed by atoms with Crippen LogP contribution in [0.2, 0.25) is 15.1 Å². The van der Waals surface area contributed by atoms with Gasteiger partial charge in [-0.3, -0.25) is 4.79 Å². The Balaban J connectivity index is 1.71. The maximum absolute atomic E-state index is 15.2. The highest BCUT2D eigenvalue weighted by atomic mass is 35.5. The van der Waals surface area contributed by atoms with Gasteiger partial charge in [-0.15, -0.1) is 0 Å². The van der Waals surface area contributed by atoms with E-state index in [9.17, 15) is 9.59 Å². The van der Waals surface area contributed by atoms with E-state index >= 15 is 4.39 Å². The molecule has 5 nitrogen and oxygen atoms in total. The standard InChI is InChI=1S/C26H20Cl3FN2O3S/c1-3-35-26(34)15-5-4-6-19(9-15)36-25-14(2)32(24-20(25)7-8-21(29)23(24)30)13-22(33)31-18-11-16(27)10-17(28)12-18/h4-12H,3,13H2,1-2H3,(H,31,33). The van der Waals surface area contributed by atoms with Crippen molar-refractivity contribution in [2.45, 2.75) is 30.2 Å². The van der Waals surface area contributed by atoms with Crippen molar-refractivity contribution in [2.24, 2.45) is 0 Å². The number of hydrogen-bond donors (Lipinski definition) is 1. The molecule has 0 aliphatic rings. The van der Waals surface area contributed by atoms with Gasteiger partial charge in [-0.2, -0.15) is 0 Å². The number of nitrogens with zero attached hydrogens (tertiary/aromatic N) is 1. The summed E-state index contributed by atoms with van der Waals surface area (Å²) >= 11 is 19.5. The smallest absolute Gasteiger partial charge is 0.338 e. The molecule has 0 radical (unpaired) electrons. The molecule has 1 N–H and O–H groups in total. The second-order valence-corrected chi connectivity index (χ2v) is 10.2. The number of rotatable bonds is 7. The van der Waals surface area contributed by atoms with E-state index in [1.54, 1.807) is 60.9 Å². The van der Waals surface area contributed by atoms with Crippen molar-refractivity contribution in [1.82, 2.24) is 4.57 Å². The zero-order valence-electron chi connectivity index (χ0n) is 19.2. The molecule has 0 saturated carbocycles. The summed E-state index contributed by atoms with van der Waals surface area (Å²) in [7, 11) is 0. The second-order valence-electron chi connectivity index (χ2n) is 7.81. The Morgan fingerprint density at radius 2 is 1.78 bits per heavy atom. The van der Waals surface area contributed by atoms with E-state index < -0.39 is 17.7 Å². The molecule has 3 aromatic carbocycles. The van der Waals surface area contributed by atoms with Crippen LogP contribution in [0.25, 0.3) is 10.9 Å². The molecule has 4 rings (SSSR count).